The van der Waals surface area contributed by atoms with Crippen LogP contribution in [0, 0.1) is 27.7 Å². The van der Waals surface area contributed by atoms with Crippen molar-refractivity contribution >= 4 is 57.3 Å². The van der Waals surface area contributed by atoms with Crippen molar-refractivity contribution in [3.05, 3.63) is 109 Å². The number of likely N-dealkylation sites (tertiary alicyclic amines) is 1. The summed E-state index contributed by atoms with van der Waals surface area (Å²) in [7, 11) is 0. The molecule has 0 unspecified atom stereocenters. The molecule has 0 aliphatic carbocycles. The molecule has 2 aromatic carbocycles. The van der Waals surface area contributed by atoms with Gasteiger partial charge in [0, 0.05) is 67.4 Å². The Morgan fingerprint density at radius 3 is 2.00 bits per heavy atom. The number of aryl methyl sites for hydroxylation is 4. The Morgan fingerprint density at radius 1 is 0.868 bits per heavy atom. The van der Waals surface area contributed by atoms with Gasteiger partial charge in [-0.05, 0) is 107 Å². The van der Waals surface area contributed by atoms with Gasteiger partial charge in [0.25, 0.3) is 11.1 Å². The van der Waals surface area contributed by atoms with E-state index in [1.165, 1.54) is 8.78 Å². The summed E-state index contributed by atoms with van der Waals surface area (Å²) >= 11 is 3.52. The maximum Gasteiger partial charge on any atom is 0.410 e. The average Bonchev–Trinajstić information content (AvgIpc) is 3.62. The van der Waals surface area contributed by atoms with Gasteiger partial charge in [-0.3, -0.25) is 9.59 Å². The summed E-state index contributed by atoms with van der Waals surface area (Å²) in [6.07, 6.45) is 2.35. The van der Waals surface area contributed by atoms with E-state index in [2.05, 4.69) is 47.5 Å². The number of fused-ring (bicyclic) bond motifs is 2. The van der Waals surface area contributed by atoms with Crippen molar-refractivity contribution in [3.63, 3.8) is 0 Å². The first-order valence-corrected chi connectivity index (χ1v) is 20.1. The molecule has 53 heavy (non-hydrogen) atoms. The number of amides is 1. The third kappa shape index (κ3) is 10.5. The molecule has 1 fully saturated rings. The lowest BCUT2D eigenvalue weighted by Gasteiger charge is -2.39. The van der Waals surface area contributed by atoms with Crippen LogP contribution in [0.1, 0.15) is 55.9 Å². The number of thiophene rings is 1. The number of hydrogen-bond acceptors (Lipinski definition) is 8. The molecule has 1 aliphatic heterocycles. The molecule has 0 radical (unpaired) electrons. The fourth-order valence-corrected chi connectivity index (χ4v) is 8.64. The lowest BCUT2D eigenvalue weighted by Crippen LogP contribution is -2.50. The summed E-state index contributed by atoms with van der Waals surface area (Å²) in [6.45, 7) is 17.8. The van der Waals surface area contributed by atoms with Crippen LogP contribution in [0.25, 0.3) is 21.8 Å². The zero-order chi connectivity index (χ0) is 38.3. The summed E-state index contributed by atoms with van der Waals surface area (Å²) in [5.41, 5.74) is 5.48. The van der Waals surface area contributed by atoms with Gasteiger partial charge in [0.15, 0.2) is 0 Å². The third-order valence-electron chi connectivity index (χ3n) is 9.54. The number of piperidine rings is 1. The van der Waals surface area contributed by atoms with Gasteiger partial charge < -0.3 is 28.5 Å². The molecular weight excluding hydrogens is 705 g/mol. The number of aldehydes is 1. The number of aromatic nitrogens is 2. The molecule has 0 saturated carbocycles. The monoisotopic (exact) mass is 756 g/mol. The van der Waals surface area contributed by atoms with Crippen molar-refractivity contribution in [1.29, 1.82) is 0 Å². The first-order valence-electron chi connectivity index (χ1n) is 18.3. The van der Waals surface area contributed by atoms with Gasteiger partial charge in [-0.25, -0.2) is 4.79 Å². The van der Waals surface area contributed by atoms with Crippen LogP contribution >= 0.6 is 23.1 Å². The molecule has 1 amide bonds. The Balaban J connectivity index is 0.000000281. The number of thioether (sulfide) groups is 1. The highest BCUT2D eigenvalue weighted by atomic mass is 32.2. The minimum absolute atomic E-state index is 0.0600. The second-order valence-corrected chi connectivity index (χ2v) is 17.2. The number of carbonyl (C=O) groups is 2. The highest BCUT2D eigenvalue weighted by molar-refractivity contribution is 8.01. The van der Waals surface area contributed by atoms with E-state index in [4.69, 9.17) is 4.74 Å². The van der Waals surface area contributed by atoms with Gasteiger partial charge in [-0.2, -0.15) is 0 Å². The first-order chi connectivity index (χ1) is 25.2. The number of nitrogens with zero attached hydrogens (tertiary/aromatic N) is 4. The minimum atomic E-state index is -0.515. The van der Waals surface area contributed by atoms with Crippen molar-refractivity contribution in [3.8, 4) is 0 Å². The van der Waals surface area contributed by atoms with E-state index in [1.807, 2.05) is 69.2 Å². The Labute approximate surface area is 320 Å². The molecule has 4 heterocycles. The van der Waals surface area contributed by atoms with Crippen LogP contribution in [0.4, 0.5) is 4.79 Å². The molecule has 0 atom stereocenters. The molecule has 0 spiro atoms. The summed E-state index contributed by atoms with van der Waals surface area (Å²) in [5.74, 6) is 0.850. The summed E-state index contributed by atoms with van der Waals surface area (Å²) in [5, 5.41) is 4.24. The Hall–Kier alpha value is -4.19. The van der Waals surface area contributed by atoms with Crippen LogP contribution in [0.15, 0.2) is 79.8 Å². The molecule has 11 heteroatoms. The molecular formula is C42H52N4O5S2. The topological polar surface area (TPSA) is 93.9 Å². The van der Waals surface area contributed by atoms with Gasteiger partial charge >= 0.3 is 6.09 Å². The fourth-order valence-electron chi connectivity index (χ4n) is 6.84. The van der Waals surface area contributed by atoms with Crippen molar-refractivity contribution in [1.82, 2.24) is 18.9 Å². The predicted molar refractivity (Wildman–Crippen MR) is 219 cm³/mol. The molecule has 0 N–H and O–H groups in total. The number of benzene rings is 2. The first kappa shape index (κ1) is 40.0. The van der Waals surface area contributed by atoms with E-state index < -0.39 is 5.60 Å². The minimum Gasteiger partial charge on any atom is -0.444 e. The largest absolute Gasteiger partial charge is 0.444 e. The molecule has 0 bridgehead atoms. The summed E-state index contributed by atoms with van der Waals surface area (Å²) in [4.78, 5) is 52.6. The number of hydrogen-bond donors (Lipinski definition) is 0. The normalized spacial score (nSPS) is 13.9. The smallest absolute Gasteiger partial charge is 0.410 e. The Kier molecular flexibility index (Phi) is 13.4. The second-order valence-electron chi connectivity index (χ2n) is 14.8. The van der Waals surface area contributed by atoms with Crippen LogP contribution < -0.4 is 11.1 Å². The quantitative estimate of drug-likeness (QED) is 0.105. The van der Waals surface area contributed by atoms with Gasteiger partial charge in [-0.15, -0.1) is 23.1 Å². The highest BCUT2D eigenvalue weighted by Crippen LogP contribution is 2.26. The Bertz CT molecular complexity index is 2160. The van der Waals surface area contributed by atoms with E-state index in [-0.39, 0.29) is 29.8 Å². The average molecular weight is 757 g/mol. The predicted octanol–water partition coefficient (Wildman–Crippen LogP) is 7.99. The van der Waals surface area contributed by atoms with Crippen molar-refractivity contribution in [2.45, 2.75) is 90.2 Å². The third-order valence-corrected chi connectivity index (χ3v) is 11.7. The molecule has 1 saturated heterocycles. The van der Waals surface area contributed by atoms with Gasteiger partial charge in [0.05, 0.1) is 21.8 Å². The van der Waals surface area contributed by atoms with Crippen LogP contribution in [-0.2, 0) is 22.6 Å². The van der Waals surface area contributed by atoms with Crippen molar-refractivity contribution in [2.24, 2.45) is 0 Å². The van der Waals surface area contributed by atoms with Gasteiger partial charge in [-0.1, -0.05) is 30.3 Å². The maximum absolute atomic E-state index is 13.1. The number of rotatable bonds is 10. The van der Waals surface area contributed by atoms with Crippen molar-refractivity contribution in [2.75, 3.05) is 31.9 Å². The molecule has 1 aliphatic rings. The molecule has 6 rings (SSSR count). The van der Waals surface area contributed by atoms with Crippen LogP contribution in [0.3, 0.4) is 0 Å². The van der Waals surface area contributed by atoms with E-state index in [9.17, 15) is 19.2 Å². The zero-order valence-electron chi connectivity index (χ0n) is 32.0. The van der Waals surface area contributed by atoms with Gasteiger partial charge in [0.1, 0.15) is 11.9 Å². The van der Waals surface area contributed by atoms with E-state index in [0.717, 1.165) is 88.6 Å². The van der Waals surface area contributed by atoms with Gasteiger partial charge in [0.2, 0.25) is 0 Å². The summed E-state index contributed by atoms with van der Waals surface area (Å²) in [6, 6.07) is 19.9. The second kappa shape index (κ2) is 17.8. The Morgan fingerprint density at radius 2 is 1.45 bits per heavy atom. The maximum atomic E-state index is 13.1. The molecule has 3 aromatic heterocycles. The SMILES string of the molecule is Cc1ccc2c(C)cc(=O)n(CC=O)c2c1.Cc1ccc2c(C)cc(=O)n(CCN3CCC(N(CCSc4cccs4)C(=O)OC(C)(C)C)CC3)c2c1. The van der Waals surface area contributed by atoms with Crippen LogP contribution in [-0.4, -0.2) is 74.9 Å². The number of pyridine rings is 2. The van der Waals surface area contributed by atoms with E-state index >= 15 is 0 Å². The number of ether oxygens (including phenoxy) is 1. The molecule has 282 valence electrons. The fraction of sp³-hybridized carbons (Fsp3) is 0.429. The lowest BCUT2D eigenvalue weighted by molar-refractivity contribution is -0.108. The van der Waals surface area contributed by atoms with Crippen LogP contribution in [0.5, 0.6) is 0 Å². The van der Waals surface area contributed by atoms with Crippen molar-refractivity contribution < 1.29 is 14.3 Å². The lowest BCUT2D eigenvalue weighted by atomic mass is 10.0. The molecule has 5 aromatic rings. The zero-order valence-corrected chi connectivity index (χ0v) is 33.6. The summed E-state index contributed by atoms with van der Waals surface area (Å²) < 4.78 is 10.5. The molecule has 9 nitrogen and oxygen atoms in total. The highest BCUT2D eigenvalue weighted by Gasteiger charge is 2.31. The van der Waals surface area contributed by atoms with E-state index in [0.29, 0.717) is 13.1 Å². The standard InChI is InChI=1S/C29H39N3O3S2.C13H13NO2/c1-21-8-9-24-22(2)20-26(33)32(25(24)19-21)15-14-30-12-10-23(11-13-30)31(28(34)35-29(3,4)5)16-18-37-27-7-6-17-36-27;1-9-3-4-11-10(2)8-13(16)14(5-6-15)12(11)7-9/h6-9,17,19-20,23H,10-16,18H2,1-5H3;3-4,6-8H,5H2,1-2H3. The number of carbonyl (C=O) groups excluding carboxylic acids is 2. The van der Waals surface area contributed by atoms with E-state index in [1.54, 1.807) is 35.2 Å². The van der Waals surface area contributed by atoms with Crippen LogP contribution in [0.2, 0.25) is 0 Å².